The van der Waals surface area contributed by atoms with Gasteiger partial charge in [0, 0.05) is 19.3 Å². The largest absolute Gasteiger partial charge is 0.352 e. The number of rotatable bonds is 4. The molecule has 2 nitrogen and oxygen atoms in total. The second-order valence-electron chi connectivity index (χ2n) is 7.70. The topological polar surface area (TPSA) is 15.3 Å². The molecule has 158 valence electrons. The zero-order chi connectivity index (χ0) is 21.8. The van der Waals surface area contributed by atoms with Crippen molar-refractivity contribution in [1.82, 2.24) is 4.90 Å². The van der Waals surface area contributed by atoms with Crippen molar-refractivity contribution >= 4 is 51.8 Å². The Labute approximate surface area is 199 Å². The lowest BCUT2D eigenvalue weighted by Crippen LogP contribution is -2.31. The average Bonchev–Trinajstić information content (AvgIpc) is 2.93. The number of fused-ring (bicyclic) bond motifs is 2. The van der Waals surface area contributed by atoms with E-state index < -0.39 is 0 Å². The number of nitrogens with one attached hydrogen (secondary N) is 1. The molecule has 31 heavy (non-hydrogen) atoms. The van der Waals surface area contributed by atoms with Crippen LogP contribution in [-0.2, 0) is 12.8 Å². The number of hydrogen-bond acceptors (Lipinski definition) is 1. The Morgan fingerprint density at radius 3 is 2.16 bits per heavy atom. The first-order valence-corrected chi connectivity index (χ1v) is 11.5. The maximum atomic E-state index is 6.11. The molecule has 0 radical (unpaired) electrons. The van der Waals surface area contributed by atoms with Crippen LogP contribution in [0.25, 0.3) is 5.57 Å². The van der Waals surface area contributed by atoms with Gasteiger partial charge < -0.3 is 10.2 Å². The minimum absolute atomic E-state index is 0.507. The van der Waals surface area contributed by atoms with Gasteiger partial charge in [-0.2, -0.15) is 0 Å². The Bertz CT molecular complexity index is 1090. The zero-order valence-electron chi connectivity index (χ0n) is 17.4. The van der Waals surface area contributed by atoms with E-state index >= 15 is 0 Å². The highest BCUT2D eigenvalue weighted by Gasteiger charge is 2.17. The number of benzene rings is 3. The normalized spacial score (nSPS) is 12.4. The third-order valence-electron chi connectivity index (χ3n) is 5.61. The summed E-state index contributed by atoms with van der Waals surface area (Å²) in [5.74, 6) is 0. The molecule has 0 atom stereocenters. The molecule has 0 amide bonds. The Kier molecular flexibility index (Phi) is 6.96. The van der Waals surface area contributed by atoms with E-state index in [9.17, 15) is 0 Å². The number of hydrogen-bond donors (Lipinski definition) is 1. The minimum Gasteiger partial charge on any atom is -0.352 e. The quantitative estimate of drug-likeness (QED) is 0.407. The Morgan fingerprint density at radius 2 is 1.55 bits per heavy atom. The molecule has 5 heteroatoms. The maximum Gasteiger partial charge on any atom is 0.173 e. The predicted octanol–water partition coefficient (Wildman–Crippen LogP) is 7.24. The molecule has 0 heterocycles. The molecule has 0 saturated heterocycles. The Hall–Kier alpha value is -2.33. The second kappa shape index (κ2) is 9.86. The summed E-state index contributed by atoms with van der Waals surface area (Å²) < 4.78 is 0. The first-order valence-electron chi connectivity index (χ1n) is 10.4. The molecule has 1 aliphatic carbocycles. The molecule has 3 aromatic carbocycles. The molecular weight excluding hydrogens is 443 g/mol. The van der Waals surface area contributed by atoms with Gasteiger partial charge in [0.15, 0.2) is 5.11 Å². The third kappa shape index (κ3) is 5.12. The van der Waals surface area contributed by atoms with Crippen molar-refractivity contribution in [3.05, 3.63) is 105 Å². The first kappa shape index (κ1) is 21.9. The second-order valence-corrected chi connectivity index (χ2v) is 8.90. The number of halogens is 2. The van der Waals surface area contributed by atoms with E-state index in [1.54, 1.807) is 12.1 Å². The van der Waals surface area contributed by atoms with E-state index in [-0.39, 0.29) is 0 Å². The van der Waals surface area contributed by atoms with Crippen molar-refractivity contribution in [3.8, 4) is 0 Å². The third-order valence-corrected chi connectivity index (χ3v) is 6.76. The molecule has 1 aliphatic rings. The van der Waals surface area contributed by atoms with Crippen molar-refractivity contribution in [2.24, 2.45) is 0 Å². The van der Waals surface area contributed by atoms with Crippen LogP contribution in [0.15, 0.2) is 72.8 Å². The SMILES string of the molecule is CN(CCC=C1c2ccccc2CCc2ccccc21)C(=S)Nc1ccc(Cl)c(Cl)c1. The van der Waals surface area contributed by atoms with Crippen LogP contribution in [0, 0.1) is 0 Å². The fourth-order valence-electron chi connectivity index (χ4n) is 3.93. The fourth-order valence-corrected chi connectivity index (χ4v) is 4.44. The number of aryl methyl sites for hydroxylation is 2. The highest BCUT2D eigenvalue weighted by atomic mass is 35.5. The van der Waals surface area contributed by atoms with E-state index in [0.29, 0.717) is 15.2 Å². The molecule has 0 saturated carbocycles. The van der Waals surface area contributed by atoms with E-state index in [0.717, 1.165) is 31.5 Å². The van der Waals surface area contributed by atoms with Gasteiger partial charge in [-0.3, -0.25) is 0 Å². The van der Waals surface area contributed by atoms with Gasteiger partial charge >= 0.3 is 0 Å². The summed E-state index contributed by atoms with van der Waals surface area (Å²) in [4.78, 5) is 2.05. The highest BCUT2D eigenvalue weighted by Crippen LogP contribution is 2.33. The molecule has 1 N–H and O–H groups in total. The summed E-state index contributed by atoms with van der Waals surface area (Å²) in [5.41, 5.74) is 7.65. The van der Waals surface area contributed by atoms with Gasteiger partial charge in [-0.1, -0.05) is 77.8 Å². The van der Waals surface area contributed by atoms with Crippen molar-refractivity contribution in [3.63, 3.8) is 0 Å². The van der Waals surface area contributed by atoms with Gasteiger partial charge in [-0.05, 0) is 77.5 Å². The van der Waals surface area contributed by atoms with Gasteiger partial charge in [-0.25, -0.2) is 0 Å². The molecule has 0 spiro atoms. The monoisotopic (exact) mass is 466 g/mol. The molecule has 4 rings (SSSR count). The van der Waals surface area contributed by atoms with Gasteiger partial charge in [0.2, 0.25) is 0 Å². The van der Waals surface area contributed by atoms with E-state index in [1.165, 1.54) is 27.8 Å². The maximum absolute atomic E-state index is 6.11. The lowest BCUT2D eigenvalue weighted by atomic mass is 9.93. The van der Waals surface area contributed by atoms with Gasteiger partial charge in [-0.15, -0.1) is 0 Å². The molecule has 0 unspecified atom stereocenters. The summed E-state index contributed by atoms with van der Waals surface area (Å²) in [6, 6.07) is 22.9. The van der Waals surface area contributed by atoms with E-state index in [2.05, 4.69) is 59.9 Å². The van der Waals surface area contributed by atoms with E-state index in [1.807, 2.05) is 18.0 Å². The molecule has 0 fully saturated rings. The van der Waals surface area contributed by atoms with Crippen LogP contribution >= 0.6 is 35.4 Å². The van der Waals surface area contributed by atoms with Crippen LogP contribution in [0.2, 0.25) is 10.0 Å². The van der Waals surface area contributed by atoms with Crippen LogP contribution in [0.1, 0.15) is 28.7 Å². The minimum atomic E-state index is 0.507. The molecule has 0 aromatic heterocycles. The summed E-state index contributed by atoms with van der Waals surface area (Å²) in [6.45, 7) is 0.807. The van der Waals surface area contributed by atoms with Crippen molar-refractivity contribution in [1.29, 1.82) is 0 Å². The average molecular weight is 467 g/mol. The van der Waals surface area contributed by atoms with E-state index in [4.69, 9.17) is 35.4 Å². The van der Waals surface area contributed by atoms with Crippen molar-refractivity contribution in [2.45, 2.75) is 19.3 Å². The molecule has 0 bridgehead atoms. The molecule has 3 aromatic rings. The highest BCUT2D eigenvalue weighted by molar-refractivity contribution is 7.80. The molecular formula is C26H24Cl2N2S. The predicted molar refractivity (Wildman–Crippen MR) is 137 cm³/mol. The van der Waals surface area contributed by atoms with Crippen LogP contribution < -0.4 is 5.32 Å². The summed E-state index contributed by atoms with van der Waals surface area (Å²) in [5, 5.41) is 4.92. The lowest BCUT2D eigenvalue weighted by Gasteiger charge is -2.21. The lowest BCUT2D eigenvalue weighted by molar-refractivity contribution is 0.521. The Morgan fingerprint density at radius 1 is 0.935 bits per heavy atom. The van der Waals surface area contributed by atoms with Gasteiger partial charge in [0.05, 0.1) is 10.0 Å². The smallest absolute Gasteiger partial charge is 0.173 e. The molecule has 0 aliphatic heterocycles. The summed E-state index contributed by atoms with van der Waals surface area (Å²) >= 11 is 17.7. The zero-order valence-corrected chi connectivity index (χ0v) is 19.7. The standard InChI is InChI=1S/C26H24Cl2N2S/c1-30(26(31)29-20-14-15-24(27)25(28)17-20)16-6-11-23-21-9-4-2-7-18(21)12-13-19-8-3-5-10-22(19)23/h2-5,7-11,14-15,17H,6,12-13,16H2,1H3,(H,29,31). The number of anilines is 1. The van der Waals surface area contributed by atoms with Gasteiger partial charge in [0.25, 0.3) is 0 Å². The van der Waals surface area contributed by atoms with Crippen molar-refractivity contribution < 1.29 is 0 Å². The summed E-state index contributed by atoms with van der Waals surface area (Å²) in [6.07, 6.45) is 5.38. The van der Waals surface area contributed by atoms with Crippen LogP contribution in [0.4, 0.5) is 5.69 Å². The van der Waals surface area contributed by atoms with Crippen molar-refractivity contribution in [2.75, 3.05) is 18.9 Å². The van der Waals surface area contributed by atoms with Gasteiger partial charge in [0.1, 0.15) is 0 Å². The first-order chi connectivity index (χ1) is 15.0. The fraction of sp³-hybridized carbons (Fsp3) is 0.192. The number of thiocarbonyl (C=S) groups is 1. The summed E-state index contributed by atoms with van der Waals surface area (Å²) in [7, 11) is 2.00. The number of nitrogens with zero attached hydrogens (tertiary/aromatic N) is 1. The van der Waals surface area contributed by atoms with Crippen LogP contribution in [0.3, 0.4) is 0 Å². The van der Waals surface area contributed by atoms with Crippen LogP contribution in [-0.4, -0.2) is 23.6 Å². The van der Waals surface area contributed by atoms with Crippen LogP contribution in [0.5, 0.6) is 0 Å². The Balaban J connectivity index is 1.49.